The lowest BCUT2D eigenvalue weighted by Crippen LogP contribution is -2.20. The molecule has 3 aromatic carbocycles. The zero-order valence-electron chi connectivity index (χ0n) is 30.7. The van der Waals surface area contributed by atoms with Crippen LogP contribution < -0.4 is 18.9 Å². The van der Waals surface area contributed by atoms with E-state index in [4.69, 9.17) is 23.7 Å². The van der Waals surface area contributed by atoms with Gasteiger partial charge in [-0.1, -0.05) is 38.2 Å². The van der Waals surface area contributed by atoms with Crippen LogP contribution in [0.4, 0.5) is 13.2 Å². The average Bonchev–Trinajstić information content (AvgIpc) is 3.10. The lowest BCUT2D eigenvalue weighted by molar-refractivity contribution is -0.142. The number of benzene rings is 3. The van der Waals surface area contributed by atoms with E-state index in [1.165, 1.54) is 90.1 Å². The summed E-state index contributed by atoms with van der Waals surface area (Å²) in [6, 6.07) is 10.7. The van der Waals surface area contributed by atoms with Gasteiger partial charge in [-0.15, -0.1) is 0 Å². The molecule has 0 amide bonds. The summed E-state index contributed by atoms with van der Waals surface area (Å²) in [6.45, 7) is 21.9. The van der Waals surface area contributed by atoms with E-state index in [1.807, 2.05) is 0 Å². The summed E-state index contributed by atoms with van der Waals surface area (Å²) in [7, 11) is 0. The van der Waals surface area contributed by atoms with Crippen LogP contribution in [0.25, 0.3) is 6.08 Å². The van der Waals surface area contributed by atoms with E-state index in [0.29, 0.717) is 0 Å². The van der Waals surface area contributed by atoms with Gasteiger partial charge in [-0.25, -0.2) is 24.0 Å². The highest BCUT2D eigenvalue weighted by molar-refractivity contribution is 5.94. The molecule has 10 nitrogen and oxygen atoms in total. The standard InChI is InChI=1S/C42H35F3O10/c1-22(2)37(46)52-30-16-11-28(12-17-30)13-20-32-34(42(43,44)45)36(55-40(49)25(7)8)33(27(10)35(32)54-39(48)24(5)6)21-26(9)51-41(50)29-14-18-31(19-15-29)53-38(47)23(3)4/h11-12,14-19,21H,1,3,5,7H2,2,4,6,8-10H3. The number of allylic oxidation sites excluding steroid dienone is 1. The molecule has 0 atom stereocenters. The summed E-state index contributed by atoms with van der Waals surface area (Å²) in [4.78, 5) is 62.4. The van der Waals surface area contributed by atoms with Crippen molar-refractivity contribution in [2.75, 3.05) is 0 Å². The van der Waals surface area contributed by atoms with E-state index in [9.17, 15) is 24.0 Å². The van der Waals surface area contributed by atoms with Crippen LogP contribution >= 0.6 is 0 Å². The largest absolute Gasteiger partial charge is 0.428 e. The van der Waals surface area contributed by atoms with Crippen LogP contribution in [0.3, 0.4) is 0 Å². The first kappa shape index (κ1) is 42.5. The Morgan fingerprint density at radius 1 is 0.618 bits per heavy atom. The summed E-state index contributed by atoms with van der Waals surface area (Å²) in [5, 5.41) is 0. The maximum atomic E-state index is 15.2. The molecule has 3 rings (SSSR count). The molecule has 0 aliphatic carbocycles. The van der Waals surface area contributed by atoms with Crippen molar-refractivity contribution in [3.8, 4) is 34.8 Å². The summed E-state index contributed by atoms with van der Waals surface area (Å²) in [5.74, 6) is -1.40. The molecule has 0 aliphatic rings. The van der Waals surface area contributed by atoms with Gasteiger partial charge in [0.15, 0.2) is 11.5 Å². The Hall–Kier alpha value is -6.94. The van der Waals surface area contributed by atoms with Crippen molar-refractivity contribution in [3.63, 3.8) is 0 Å². The summed E-state index contributed by atoms with van der Waals surface area (Å²) in [6.07, 6.45) is -4.30. The molecule has 0 N–H and O–H groups in total. The fourth-order valence-corrected chi connectivity index (χ4v) is 4.22. The molecular formula is C42H35F3O10. The minimum atomic E-state index is -5.30. The predicted molar refractivity (Wildman–Crippen MR) is 196 cm³/mol. The van der Waals surface area contributed by atoms with E-state index < -0.39 is 64.2 Å². The molecule has 0 unspecified atom stereocenters. The first-order valence-electron chi connectivity index (χ1n) is 16.0. The zero-order chi connectivity index (χ0) is 41.4. The maximum Gasteiger partial charge on any atom is 0.421 e. The highest BCUT2D eigenvalue weighted by atomic mass is 19.4. The van der Waals surface area contributed by atoms with Gasteiger partial charge in [-0.3, -0.25) is 0 Å². The molecule has 0 aromatic heterocycles. The third kappa shape index (κ3) is 11.3. The van der Waals surface area contributed by atoms with Crippen molar-refractivity contribution in [1.82, 2.24) is 0 Å². The highest BCUT2D eigenvalue weighted by Crippen LogP contribution is 2.48. The first-order chi connectivity index (χ1) is 25.6. The number of hydrogen-bond donors (Lipinski definition) is 0. The Labute approximate surface area is 315 Å². The SMILES string of the molecule is C=C(C)C(=O)Oc1ccc(C#Cc2c(OC(=O)C(=C)C)c(C)c(C=C(C)OC(=O)c3ccc(OC(=O)C(=C)C)cc3)c(OC(=O)C(=C)C)c2C(F)(F)F)cc1. The van der Waals surface area contributed by atoms with Gasteiger partial charge < -0.3 is 23.7 Å². The molecule has 3 aromatic rings. The lowest BCUT2D eigenvalue weighted by atomic mass is 9.94. The fourth-order valence-electron chi connectivity index (χ4n) is 4.22. The van der Waals surface area contributed by atoms with E-state index in [0.717, 1.165) is 6.08 Å². The van der Waals surface area contributed by atoms with Crippen LogP contribution in [0.2, 0.25) is 0 Å². The lowest BCUT2D eigenvalue weighted by Gasteiger charge is -2.22. The van der Waals surface area contributed by atoms with Gasteiger partial charge in [0, 0.05) is 39.0 Å². The zero-order valence-corrected chi connectivity index (χ0v) is 30.7. The van der Waals surface area contributed by atoms with Crippen molar-refractivity contribution >= 4 is 35.9 Å². The van der Waals surface area contributed by atoms with Crippen LogP contribution in [0.1, 0.15) is 72.8 Å². The Morgan fingerprint density at radius 2 is 1.04 bits per heavy atom. The second-order valence-corrected chi connectivity index (χ2v) is 12.1. The molecule has 284 valence electrons. The Morgan fingerprint density at radius 3 is 1.47 bits per heavy atom. The third-order valence-corrected chi connectivity index (χ3v) is 7.06. The molecule has 13 heteroatoms. The molecule has 0 aliphatic heterocycles. The number of ether oxygens (including phenoxy) is 5. The number of hydrogen-bond acceptors (Lipinski definition) is 10. The van der Waals surface area contributed by atoms with Crippen LogP contribution in [0.5, 0.6) is 23.0 Å². The predicted octanol–water partition coefficient (Wildman–Crippen LogP) is 8.56. The van der Waals surface area contributed by atoms with Crippen molar-refractivity contribution < 1.29 is 60.8 Å². The number of carbonyl (C=O) groups excluding carboxylic acids is 5. The van der Waals surface area contributed by atoms with Crippen molar-refractivity contribution in [2.24, 2.45) is 0 Å². The van der Waals surface area contributed by atoms with Gasteiger partial charge in [0.05, 0.1) is 11.1 Å². The quantitative estimate of drug-likeness (QED) is 0.0617. The monoisotopic (exact) mass is 756 g/mol. The minimum Gasteiger partial charge on any atom is -0.428 e. The fraction of sp³-hybridized carbons (Fsp3) is 0.167. The van der Waals surface area contributed by atoms with Gasteiger partial charge in [0.1, 0.15) is 22.8 Å². The number of alkyl halides is 3. The molecule has 0 heterocycles. The van der Waals surface area contributed by atoms with Crippen LogP contribution in [0.15, 0.2) is 103 Å². The summed E-state index contributed by atoms with van der Waals surface area (Å²) in [5.41, 5.74) is -3.07. The molecule has 0 spiro atoms. The number of rotatable bonds is 11. The van der Waals surface area contributed by atoms with Crippen LogP contribution in [0, 0.1) is 18.8 Å². The topological polar surface area (TPSA) is 132 Å². The van der Waals surface area contributed by atoms with E-state index >= 15 is 13.2 Å². The smallest absolute Gasteiger partial charge is 0.421 e. The van der Waals surface area contributed by atoms with E-state index in [-0.39, 0.29) is 56.2 Å². The second-order valence-electron chi connectivity index (χ2n) is 12.1. The minimum absolute atomic E-state index is 0.0202. The molecule has 0 saturated carbocycles. The van der Waals surface area contributed by atoms with E-state index in [2.05, 4.69) is 38.2 Å². The Kier molecular flexibility index (Phi) is 13.7. The van der Waals surface area contributed by atoms with Crippen LogP contribution in [-0.4, -0.2) is 29.8 Å². The summed E-state index contributed by atoms with van der Waals surface area (Å²) >= 11 is 0. The molecule has 0 fully saturated rings. The van der Waals surface area contributed by atoms with Crippen molar-refractivity contribution in [3.05, 3.63) is 136 Å². The average molecular weight is 757 g/mol. The molecule has 0 bridgehead atoms. The number of carbonyl (C=O) groups is 5. The molecule has 55 heavy (non-hydrogen) atoms. The Bertz CT molecular complexity index is 2230. The Balaban J connectivity index is 2.26. The van der Waals surface area contributed by atoms with Crippen molar-refractivity contribution in [2.45, 2.75) is 47.7 Å². The van der Waals surface area contributed by atoms with Gasteiger partial charge in [-0.2, -0.15) is 13.2 Å². The van der Waals surface area contributed by atoms with Gasteiger partial charge in [0.25, 0.3) is 0 Å². The normalized spacial score (nSPS) is 10.9. The van der Waals surface area contributed by atoms with Crippen LogP contribution in [-0.2, 0) is 30.1 Å². The molecular weight excluding hydrogens is 721 g/mol. The summed E-state index contributed by atoms with van der Waals surface area (Å²) < 4.78 is 72.0. The number of esters is 5. The number of halogens is 3. The van der Waals surface area contributed by atoms with Gasteiger partial charge in [-0.05, 0) is 96.1 Å². The third-order valence-electron chi connectivity index (χ3n) is 7.06. The molecule has 0 radical (unpaired) electrons. The maximum absolute atomic E-state index is 15.2. The van der Waals surface area contributed by atoms with Gasteiger partial charge >= 0.3 is 36.0 Å². The molecule has 0 saturated heterocycles. The van der Waals surface area contributed by atoms with Crippen molar-refractivity contribution in [1.29, 1.82) is 0 Å². The van der Waals surface area contributed by atoms with E-state index in [1.54, 1.807) is 0 Å². The first-order valence-corrected chi connectivity index (χ1v) is 16.0. The second kappa shape index (κ2) is 17.7. The van der Waals surface area contributed by atoms with Gasteiger partial charge in [0.2, 0.25) is 0 Å². The highest BCUT2D eigenvalue weighted by Gasteiger charge is 2.42.